The van der Waals surface area contributed by atoms with E-state index in [0.29, 0.717) is 23.7 Å². The van der Waals surface area contributed by atoms with E-state index in [1.165, 1.54) is 13.3 Å². The summed E-state index contributed by atoms with van der Waals surface area (Å²) in [6.45, 7) is 4.32. The van der Waals surface area contributed by atoms with E-state index in [2.05, 4.69) is 10.6 Å². The number of carbonyl (C=O) groups excluding carboxylic acids is 2. The summed E-state index contributed by atoms with van der Waals surface area (Å²) in [7, 11) is 1.78. The molecule has 1 amide bonds. The number of rotatable bonds is 5. The number of aromatic nitrogens is 1. The lowest BCUT2D eigenvalue weighted by Gasteiger charge is -2.09. The molecule has 2 N–H and O–H groups in total. The molecule has 1 aromatic heterocycles. The van der Waals surface area contributed by atoms with Crippen LogP contribution < -0.4 is 10.6 Å². The van der Waals surface area contributed by atoms with Crippen molar-refractivity contribution in [3.05, 3.63) is 23.5 Å². The number of ketones is 1. The Morgan fingerprint density at radius 3 is 2.80 bits per heavy atom. The maximum atomic E-state index is 12.0. The molecular weight excluding hydrogens is 278 g/mol. The number of nitrogens with one attached hydrogen (secondary N) is 2. The number of hydrogen-bond acceptors (Lipinski definition) is 3. The largest absolute Gasteiger partial charge is 0.351 e. The molecule has 1 unspecified atom stereocenters. The van der Waals surface area contributed by atoms with Crippen molar-refractivity contribution in [2.75, 3.05) is 19.6 Å². The van der Waals surface area contributed by atoms with Crippen LogP contribution in [0, 0.1) is 5.92 Å². The van der Waals surface area contributed by atoms with Crippen LogP contribution >= 0.6 is 12.4 Å². The van der Waals surface area contributed by atoms with Crippen LogP contribution in [0.15, 0.2) is 12.3 Å². The predicted octanol–water partition coefficient (Wildman–Crippen LogP) is 1.38. The maximum Gasteiger partial charge on any atom is 0.267 e. The van der Waals surface area contributed by atoms with Gasteiger partial charge in [0, 0.05) is 25.4 Å². The van der Waals surface area contributed by atoms with Crippen molar-refractivity contribution < 1.29 is 9.59 Å². The highest BCUT2D eigenvalue weighted by Crippen LogP contribution is 2.11. The van der Waals surface area contributed by atoms with E-state index in [1.807, 2.05) is 0 Å². The number of nitrogens with zero attached hydrogens (tertiary/aromatic N) is 1. The van der Waals surface area contributed by atoms with Gasteiger partial charge in [-0.3, -0.25) is 9.59 Å². The smallest absolute Gasteiger partial charge is 0.267 e. The normalized spacial score (nSPS) is 17.6. The summed E-state index contributed by atoms with van der Waals surface area (Å²) in [6, 6.07) is 1.65. The van der Waals surface area contributed by atoms with Crippen molar-refractivity contribution >= 4 is 24.1 Å². The van der Waals surface area contributed by atoms with Crippen LogP contribution in [-0.2, 0) is 7.05 Å². The second-order valence-electron chi connectivity index (χ2n) is 5.18. The van der Waals surface area contributed by atoms with Gasteiger partial charge in [0.05, 0.1) is 0 Å². The Hall–Kier alpha value is -1.33. The Kier molecular flexibility index (Phi) is 6.23. The molecular formula is C14H22ClN3O2. The van der Waals surface area contributed by atoms with Gasteiger partial charge in [0.2, 0.25) is 0 Å². The second-order valence-corrected chi connectivity index (χ2v) is 5.18. The number of Topliss-reactive ketones (excluding diaryl/α,β-unsaturated/α-hetero) is 1. The number of amides is 1. The third-order valence-electron chi connectivity index (χ3n) is 3.64. The molecule has 20 heavy (non-hydrogen) atoms. The summed E-state index contributed by atoms with van der Waals surface area (Å²) in [5.74, 6) is 0.536. The van der Waals surface area contributed by atoms with Gasteiger partial charge in [0.25, 0.3) is 5.91 Å². The zero-order valence-electron chi connectivity index (χ0n) is 11.9. The zero-order chi connectivity index (χ0) is 13.8. The van der Waals surface area contributed by atoms with Gasteiger partial charge in [-0.1, -0.05) is 0 Å². The van der Waals surface area contributed by atoms with E-state index >= 15 is 0 Å². The fourth-order valence-corrected chi connectivity index (χ4v) is 2.42. The predicted molar refractivity (Wildman–Crippen MR) is 80.6 cm³/mol. The zero-order valence-corrected chi connectivity index (χ0v) is 12.8. The third-order valence-corrected chi connectivity index (χ3v) is 3.64. The number of aryl methyl sites for hydroxylation is 1. The Balaban J connectivity index is 0.00000200. The van der Waals surface area contributed by atoms with Crippen molar-refractivity contribution in [3.63, 3.8) is 0 Å². The van der Waals surface area contributed by atoms with Crippen LogP contribution in [0.4, 0.5) is 0 Å². The molecule has 6 heteroatoms. The summed E-state index contributed by atoms with van der Waals surface area (Å²) < 4.78 is 1.70. The van der Waals surface area contributed by atoms with Gasteiger partial charge < -0.3 is 15.2 Å². The molecule has 1 aromatic rings. The summed E-state index contributed by atoms with van der Waals surface area (Å²) in [5, 5.41) is 6.23. The van der Waals surface area contributed by atoms with Crippen LogP contribution in [0.5, 0.6) is 0 Å². The number of halogens is 1. The highest BCUT2D eigenvalue weighted by molar-refractivity contribution is 5.99. The minimum absolute atomic E-state index is 0. The first-order chi connectivity index (χ1) is 9.08. The molecule has 0 saturated carbocycles. The number of hydrogen-bond donors (Lipinski definition) is 2. The summed E-state index contributed by atoms with van der Waals surface area (Å²) >= 11 is 0. The molecule has 0 spiro atoms. The van der Waals surface area contributed by atoms with Crippen molar-refractivity contribution in [1.29, 1.82) is 0 Å². The highest BCUT2D eigenvalue weighted by atomic mass is 35.5. The summed E-state index contributed by atoms with van der Waals surface area (Å²) in [6.07, 6.45) is 3.88. The van der Waals surface area contributed by atoms with Crippen molar-refractivity contribution in [3.8, 4) is 0 Å². The minimum Gasteiger partial charge on any atom is -0.351 e. The van der Waals surface area contributed by atoms with Gasteiger partial charge in [-0.15, -0.1) is 12.4 Å². The van der Waals surface area contributed by atoms with Gasteiger partial charge in [0.1, 0.15) is 5.69 Å². The van der Waals surface area contributed by atoms with E-state index < -0.39 is 0 Å². The topological polar surface area (TPSA) is 63.1 Å². The lowest BCUT2D eigenvalue weighted by atomic mass is 10.1. The minimum atomic E-state index is -0.110. The second kappa shape index (κ2) is 7.45. The molecule has 1 saturated heterocycles. The molecule has 2 rings (SSSR count). The summed E-state index contributed by atoms with van der Waals surface area (Å²) in [5.41, 5.74) is 1.11. The van der Waals surface area contributed by atoms with Gasteiger partial charge in [-0.05, 0) is 44.8 Å². The molecule has 0 bridgehead atoms. The first-order valence-corrected chi connectivity index (χ1v) is 6.74. The fraction of sp³-hybridized carbons (Fsp3) is 0.571. The van der Waals surface area contributed by atoms with E-state index in [4.69, 9.17) is 0 Å². The average Bonchev–Trinajstić information content (AvgIpc) is 2.98. The highest BCUT2D eigenvalue weighted by Gasteiger charge is 2.16. The first-order valence-electron chi connectivity index (χ1n) is 6.74. The lowest BCUT2D eigenvalue weighted by Crippen LogP contribution is -2.27. The van der Waals surface area contributed by atoms with Gasteiger partial charge in [-0.25, -0.2) is 0 Å². The van der Waals surface area contributed by atoms with E-state index in [1.54, 1.807) is 23.9 Å². The first kappa shape index (κ1) is 16.7. The molecule has 1 aliphatic rings. The molecule has 1 fully saturated rings. The van der Waals surface area contributed by atoms with Crippen LogP contribution in [0.2, 0.25) is 0 Å². The Labute approximate surface area is 125 Å². The van der Waals surface area contributed by atoms with Crippen LogP contribution in [0.1, 0.15) is 40.6 Å². The molecule has 0 radical (unpaired) electrons. The Morgan fingerprint density at radius 1 is 1.50 bits per heavy atom. The van der Waals surface area contributed by atoms with E-state index in [-0.39, 0.29) is 24.1 Å². The Bertz CT molecular complexity index is 479. The van der Waals surface area contributed by atoms with Gasteiger partial charge in [-0.2, -0.15) is 0 Å². The van der Waals surface area contributed by atoms with Gasteiger partial charge in [0.15, 0.2) is 5.78 Å². The SMILES string of the molecule is CC(=O)c1cc(C(=O)NCCC2CCNC2)n(C)c1.Cl. The third kappa shape index (κ3) is 4.08. The monoisotopic (exact) mass is 299 g/mol. The maximum absolute atomic E-state index is 12.0. The fourth-order valence-electron chi connectivity index (χ4n) is 2.42. The van der Waals surface area contributed by atoms with Crippen LogP contribution in [0.3, 0.4) is 0 Å². The standard InChI is InChI=1S/C14H21N3O2.ClH/c1-10(18)12-7-13(17(2)9-12)14(19)16-6-4-11-3-5-15-8-11;/h7,9,11,15H,3-6,8H2,1-2H3,(H,16,19);1H. The molecule has 112 valence electrons. The molecule has 0 aromatic carbocycles. The quantitative estimate of drug-likeness (QED) is 0.808. The van der Waals surface area contributed by atoms with Crippen molar-refractivity contribution in [2.24, 2.45) is 13.0 Å². The van der Waals surface area contributed by atoms with Gasteiger partial charge >= 0.3 is 0 Å². The van der Waals surface area contributed by atoms with E-state index in [9.17, 15) is 9.59 Å². The Morgan fingerprint density at radius 2 is 2.25 bits per heavy atom. The molecule has 1 aliphatic heterocycles. The van der Waals surface area contributed by atoms with Crippen molar-refractivity contribution in [2.45, 2.75) is 19.8 Å². The molecule has 2 heterocycles. The molecule has 5 nitrogen and oxygen atoms in total. The number of carbonyl (C=O) groups is 2. The van der Waals surface area contributed by atoms with Crippen molar-refractivity contribution in [1.82, 2.24) is 15.2 Å². The van der Waals surface area contributed by atoms with Crippen LogP contribution in [0.25, 0.3) is 0 Å². The lowest BCUT2D eigenvalue weighted by molar-refractivity contribution is 0.0943. The molecule has 0 aliphatic carbocycles. The molecule has 1 atom stereocenters. The van der Waals surface area contributed by atoms with Crippen LogP contribution in [-0.4, -0.2) is 35.9 Å². The average molecular weight is 300 g/mol. The van der Waals surface area contributed by atoms with E-state index in [0.717, 1.165) is 19.5 Å². The summed E-state index contributed by atoms with van der Waals surface area (Å²) in [4.78, 5) is 23.3.